The van der Waals surface area contributed by atoms with Crippen LogP contribution in [-0.2, 0) is 4.79 Å². The maximum absolute atomic E-state index is 12.5. The molecule has 1 amide bonds. The van der Waals surface area contributed by atoms with Crippen molar-refractivity contribution in [1.82, 2.24) is 30.0 Å². The highest BCUT2D eigenvalue weighted by Crippen LogP contribution is 2.19. The van der Waals surface area contributed by atoms with Crippen molar-refractivity contribution < 1.29 is 4.79 Å². The fourth-order valence-corrected chi connectivity index (χ4v) is 3.78. The quantitative estimate of drug-likeness (QED) is 0.880. The molecule has 1 aliphatic carbocycles. The number of hydrogen-bond acceptors (Lipinski definition) is 6. The number of amides is 1. The second-order valence-corrected chi connectivity index (χ2v) is 7.01. The molecule has 2 aliphatic rings. The molecule has 0 radical (unpaired) electrons. The second kappa shape index (κ2) is 6.95. The van der Waals surface area contributed by atoms with Crippen molar-refractivity contribution in [2.24, 2.45) is 0 Å². The summed E-state index contributed by atoms with van der Waals surface area (Å²) in [6, 6.07) is 4.22. The maximum Gasteiger partial charge on any atom is 0.237 e. The molecule has 2 fully saturated rings. The molecule has 1 unspecified atom stereocenters. The van der Waals surface area contributed by atoms with Crippen LogP contribution in [0.25, 0.3) is 5.65 Å². The van der Waals surface area contributed by atoms with Crippen LogP contribution in [0.2, 0.25) is 0 Å². The van der Waals surface area contributed by atoms with E-state index < -0.39 is 0 Å². The summed E-state index contributed by atoms with van der Waals surface area (Å²) in [7, 11) is 0. The lowest BCUT2D eigenvalue weighted by Gasteiger charge is -2.38. The summed E-state index contributed by atoms with van der Waals surface area (Å²) in [5.74, 6) is 1.10. The van der Waals surface area contributed by atoms with Crippen LogP contribution in [0.4, 0.5) is 5.82 Å². The molecule has 0 spiro atoms. The number of anilines is 1. The van der Waals surface area contributed by atoms with Gasteiger partial charge >= 0.3 is 0 Å². The molecular formula is C17H25N7O. The zero-order chi connectivity index (χ0) is 17.2. The Morgan fingerprint density at radius 1 is 1.20 bits per heavy atom. The first kappa shape index (κ1) is 16.3. The fourth-order valence-electron chi connectivity index (χ4n) is 3.78. The molecule has 2 aromatic rings. The highest BCUT2D eigenvalue weighted by molar-refractivity contribution is 5.81. The number of piperazine rings is 1. The second-order valence-electron chi connectivity index (χ2n) is 7.01. The molecule has 134 valence electrons. The Hall–Kier alpha value is -2.22. The zero-order valence-electron chi connectivity index (χ0n) is 14.6. The Labute approximate surface area is 147 Å². The Morgan fingerprint density at radius 2 is 1.96 bits per heavy atom. The molecule has 0 aromatic carbocycles. The van der Waals surface area contributed by atoms with Gasteiger partial charge in [0.25, 0.3) is 0 Å². The Kier molecular flexibility index (Phi) is 4.52. The molecular weight excluding hydrogens is 318 g/mol. The Bertz CT molecular complexity index is 731. The standard InChI is InChI=1S/C17H25N7O/c1-13(17(25)19-14-4-2-3-5-14)22-8-10-23(11-9-22)16-7-6-15-20-18-12-24(15)21-16/h6-7,12-14H,2-5,8-11H2,1H3,(H,19,25). The van der Waals surface area contributed by atoms with Crippen LogP contribution < -0.4 is 10.2 Å². The summed E-state index contributed by atoms with van der Waals surface area (Å²) >= 11 is 0. The molecule has 8 heteroatoms. The smallest absolute Gasteiger partial charge is 0.237 e. The van der Waals surface area contributed by atoms with Crippen molar-refractivity contribution in [1.29, 1.82) is 0 Å². The summed E-state index contributed by atoms with van der Waals surface area (Å²) in [6.45, 7) is 5.47. The van der Waals surface area contributed by atoms with Crippen LogP contribution >= 0.6 is 0 Å². The average molecular weight is 343 g/mol. The summed E-state index contributed by atoms with van der Waals surface area (Å²) in [4.78, 5) is 17.0. The number of rotatable bonds is 4. The molecule has 2 aromatic heterocycles. The van der Waals surface area contributed by atoms with Gasteiger partial charge < -0.3 is 10.2 Å². The van der Waals surface area contributed by atoms with E-state index in [2.05, 4.69) is 30.4 Å². The van der Waals surface area contributed by atoms with Crippen LogP contribution in [0, 0.1) is 0 Å². The minimum atomic E-state index is -0.0731. The van der Waals surface area contributed by atoms with E-state index in [1.165, 1.54) is 12.8 Å². The van der Waals surface area contributed by atoms with E-state index in [1.54, 1.807) is 10.8 Å². The van der Waals surface area contributed by atoms with Gasteiger partial charge in [0.1, 0.15) is 12.1 Å². The number of nitrogens with one attached hydrogen (secondary N) is 1. The van der Waals surface area contributed by atoms with Gasteiger partial charge in [-0.2, -0.15) is 4.52 Å². The van der Waals surface area contributed by atoms with Crippen LogP contribution in [-0.4, -0.2) is 68.9 Å². The van der Waals surface area contributed by atoms with Crippen LogP contribution in [0.3, 0.4) is 0 Å². The van der Waals surface area contributed by atoms with Crippen molar-refractivity contribution in [3.8, 4) is 0 Å². The first-order chi connectivity index (χ1) is 12.2. The van der Waals surface area contributed by atoms with Crippen molar-refractivity contribution in [2.45, 2.75) is 44.7 Å². The minimum absolute atomic E-state index is 0.0731. The van der Waals surface area contributed by atoms with Gasteiger partial charge in [0.2, 0.25) is 5.91 Å². The van der Waals surface area contributed by atoms with Gasteiger partial charge in [-0.1, -0.05) is 12.8 Å². The van der Waals surface area contributed by atoms with Crippen LogP contribution in [0.5, 0.6) is 0 Å². The third kappa shape index (κ3) is 3.44. The topological polar surface area (TPSA) is 78.7 Å². The molecule has 1 saturated heterocycles. The van der Waals surface area contributed by atoms with Gasteiger partial charge in [-0.05, 0) is 31.9 Å². The molecule has 0 bridgehead atoms. The van der Waals surface area contributed by atoms with Crippen LogP contribution in [0.15, 0.2) is 18.5 Å². The summed E-state index contributed by atoms with van der Waals surface area (Å²) in [6.07, 6.45) is 6.35. The van der Waals surface area contributed by atoms with E-state index >= 15 is 0 Å². The minimum Gasteiger partial charge on any atom is -0.353 e. The lowest BCUT2D eigenvalue weighted by molar-refractivity contribution is -0.126. The van der Waals surface area contributed by atoms with Crippen LogP contribution in [0.1, 0.15) is 32.6 Å². The number of hydrogen-bond donors (Lipinski definition) is 1. The van der Waals surface area contributed by atoms with Crippen molar-refractivity contribution in [2.75, 3.05) is 31.1 Å². The maximum atomic E-state index is 12.5. The molecule has 3 heterocycles. The number of carbonyl (C=O) groups is 1. The van der Waals surface area contributed by atoms with E-state index in [0.717, 1.165) is 50.5 Å². The van der Waals surface area contributed by atoms with Crippen molar-refractivity contribution in [3.63, 3.8) is 0 Å². The van der Waals surface area contributed by atoms with Gasteiger partial charge in [0.15, 0.2) is 5.65 Å². The number of nitrogens with zero attached hydrogens (tertiary/aromatic N) is 6. The first-order valence-corrected chi connectivity index (χ1v) is 9.17. The van der Waals surface area contributed by atoms with E-state index in [9.17, 15) is 4.79 Å². The number of aromatic nitrogens is 4. The van der Waals surface area contributed by atoms with Gasteiger partial charge in [-0.25, -0.2) is 0 Å². The van der Waals surface area contributed by atoms with E-state index in [4.69, 9.17) is 0 Å². The van der Waals surface area contributed by atoms with Gasteiger partial charge in [-0.15, -0.1) is 15.3 Å². The third-order valence-electron chi connectivity index (χ3n) is 5.41. The summed E-state index contributed by atoms with van der Waals surface area (Å²) in [5.41, 5.74) is 0.750. The number of carbonyl (C=O) groups excluding carboxylic acids is 1. The molecule has 1 saturated carbocycles. The monoisotopic (exact) mass is 343 g/mol. The summed E-state index contributed by atoms with van der Waals surface area (Å²) in [5, 5.41) is 15.6. The lowest BCUT2D eigenvalue weighted by Crippen LogP contribution is -2.55. The largest absolute Gasteiger partial charge is 0.353 e. The number of fused-ring (bicyclic) bond motifs is 1. The van der Waals surface area contributed by atoms with E-state index in [-0.39, 0.29) is 11.9 Å². The average Bonchev–Trinajstić information content (AvgIpc) is 3.32. The van der Waals surface area contributed by atoms with Gasteiger partial charge in [0, 0.05) is 32.2 Å². The molecule has 4 rings (SSSR count). The molecule has 1 atom stereocenters. The Morgan fingerprint density at radius 3 is 2.72 bits per heavy atom. The fraction of sp³-hybridized carbons (Fsp3) is 0.647. The Balaban J connectivity index is 1.33. The third-order valence-corrected chi connectivity index (χ3v) is 5.41. The van der Waals surface area contributed by atoms with Crippen molar-refractivity contribution in [3.05, 3.63) is 18.5 Å². The highest BCUT2D eigenvalue weighted by Gasteiger charge is 2.28. The predicted octanol–water partition coefficient (Wildman–Crippen LogP) is 0.694. The molecule has 8 nitrogen and oxygen atoms in total. The normalized spacial score (nSPS) is 20.9. The summed E-state index contributed by atoms with van der Waals surface area (Å²) < 4.78 is 1.69. The van der Waals surface area contributed by atoms with E-state index in [1.807, 2.05) is 19.1 Å². The lowest BCUT2D eigenvalue weighted by atomic mass is 10.2. The predicted molar refractivity (Wildman–Crippen MR) is 94.4 cm³/mol. The van der Waals surface area contributed by atoms with Gasteiger partial charge in [0.05, 0.1) is 6.04 Å². The van der Waals surface area contributed by atoms with Gasteiger partial charge in [-0.3, -0.25) is 9.69 Å². The first-order valence-electron chi connectivity index (χ1n) is 9.17. The molecule has 25 heavy (non-hydrogen) atoms. The molecule has 1 aliphatic heterocycles. The van der Waals surface area contributed by atoms with E-state index in [0.29, 0.717) is 6.04 Å². The zero-order valence-corrected chi connectivity index (χ0v) is 14.6. The highest BCUT2D eigenvalue weighted by atomic mass is 16.2. The van der Waals surface area contributed by atoms with Crippen molar-refractivity contribution >= 4 is 17.4 Å². The SMILES string of the molecule is CC(C(=O)NC1CCCC1)N1CCN(c2ccc3nncn3n2)CC1. The molecule has 1 N–H and O–H groups in total.